The number of hydrogen-bond acceptors (Lipinski definition) is 5. The van der Waals surface area contributed by atoms with E-state index < -0.39 is 17.3 Å². The molecule has 2 aromatic heterocycles. The molecule has 0 aliphatic carbocycles. The molecule has 0 saturated heterocycles. The normalized spacial score (nSPS) is 10.9. The smallest absolute Gasteiger partial charge is 0.293 e. The van der Waals surface area contributed by atoms with E-state index in [1.165, 1.54) is 28.8 Å². The molecule has 8 nitrogen and oxygen atoms in total. The molecule has 0 spiro atoms. The van der Waals surface area contributed by atoms with E-state index in [1.807, 2.05) is 24.3 Å². The average Bonchev–Trinajstić information content (AvgIpc) is 3.20. The molecule has 0 aliphatic heterocycles. The van der Waals surface area contributed by atoms with Crippen molar-refractivity contribution in [2.24, 2.45) is 0 Å². The summed E-state index contributed by atoms with van der Waals surface area (Å²) in [5.41, 5.74) is 1.72. The number of benzene rings is 2. The summed E-state index contributed by atoms with van der Waals surface area (Å²) < 4.78 is 20.7. The largest absolute Gasteiger partial charge is 0.497 e. The molecule has 0 aliphatic rings. The highest BCUT2D eigenvalue weighted by Gasteiger charge is 2.15. The minimum Gasteiger partial charge on any atom is -0.497 e. The minimum absolute atomic E-state index is 0.281. The summed E-state index contributed by atoms with van der Waals surface area (Å²) in [6, 6.07) is 14.3. The first-order valence-corrected chi connectivity index (χ1v) is 9.12. The number of methoxy groups -OCH3 is 1. The summed E-state index contributed by atoms with van der Waals surface area (Å²) in [5, 5.41) is 11.3. The van der Waals surface area contributed by atoms with E-state index in [4.69, 9.17) is 4.74 Å². The second kappa shape index (κ2) is 7.78. The Morgan fingerprint density at radius 3 is 2.47 bits per heavy atom. The molecule has 9 heteroatoms. The Kier molecular flexibility index (Phi) is 5.01. The first-order valence-electron chi connectivity index (χ1n) is 9.12. The second-order valence-corrected chi connectivity index (χ2v) is 6.62. The summed E-state index contributed by atoms with van der Waals surface area (Å²) in [6.45, 7) is 1.42. The van der Waals surface area contributed by atoms with Crippen LogP contribution in [0.25, 0.3) is 16.8 Å². The number of nitrogens with one attached hydrogen (secondary N) is 1. The van der Waals surface area contributed by atoms with E-state index in [0.717, 1.165) is 16.0 Å². The third kappa shape index (κ3) is 3.77. The zero-order valence-corrected chi connectivity index (χ0v) is 16.3. The van der Waals surface area contributed by atoms with Crippen LogP contribution in [-0.2, 0) is 11.3 Å². The number of hydrogen-bond donors (Lipinski definition) is 1. The number of aryl methyl sites for hydroxylation is 1. The third-order valence-electron chi connectivity index (χ3n) is 4.54. The second-order valence-electron chi connectivity index (χ2n) is 6.62. The maximum absolute atomic E-state index is 13.0. The fourth-order valence-corrected chi connectivity index (χ4v) is 3.05. The molecule has 152 valence electrons. The summed E-state index contributed by atoms with van der Waals surface area (Å²) in [7, 11) is 1.59. The first-order chi connectivity index (χ1) is 14.4. The van der Waals surface area contributed by atoms with Gasteiger partial charge in [0.15, 0.2) is 0 Å². The average molecular weight is 407 g/mol. The highest BCUT2D eigenvalue weighted by molar-refractivity contribution is 5.90. The van der Waals surface area contributed by atoms with Gasteiger partial charge in [-0.15, -0.1) is 0 Å². The van der Waals surface area contributed by atoms with Crippen molar-refractivity contribution in [1.82, 2.24) is 19.4 Å². The van der Waals surface area contributed by atoms with Crippen molar-refractivity contribution >= 4 is 17.1 Å². The highest BCUT2D eigenvalue weighted by atomic mass is 19.1. The summed E-state index contributed by atoms with van der Waals surface area (Å²) in [6.07, 6.45) is 0. The Hall–Kier alpha value is -4.01. The van der Waals surface area contributed by atoms with Gasteiger partial charge in [0.25, 0.3) is 5.56 Å². The number of fused-ring (bicyclic) bond motifs is 1. The molecule has 0 fully saturated rings. The van der Waals surface area contributed by atoms with E-state index in [-0.39, 0.29) is 6.54 Å². The number of aromatic nitrogens is 4. The number of ether oxygens (including phenoxy) is 1. The lowest BCUT2D eigenvalue weighted by molar-refractivity contribution is -0.117. The van der Waals surface area contributed by atoms with Crippen LogP contribution in [0.5, 0.6) is 5.75 Å². The number of carbonyl (C=O) groups is 1. The standard InChI is InChI=1S/C21H18FN5O3/c1-13-24-26(12-20(28)23-16-7-5-15(22)6-8-16)21(29)19-11-18(25-27(13)19)14-3-9-17(30-2)10-4-14/h3-11H,12H2,1-2H3,(H,23,28). The van der Waals surface area contributed by atoms with E-state index in [9.17, 15) is 14.0 Å². The Labute approximate surface area is 170 Å². The Morgan fingerprint density at radius 1 is 1.10 bits per heavy atom. The van der Waals surface area contributed by atoms with Crippen LogP contribution in [0.4, 0.5) is 10.1 Å². The van der Waals surface area contributed by atoms with Crippen molar-refractivity contribution in [3.8, 4) is 17.0 Å². The Bertz CT molecular complexity index is 1280. The molecule has 0 bridgehead atoms. The molecule has 2 heterocycles. The van der Waals surface area contributed by atoms with E-state index in [0.29, 0.717) is 22.7 Å². The van der Waals surface area contributed by atoms with Gasteiger partial charge in [0.2, 0.25) is 5.91 Å². The van der Waals surface area contributed by atoms with Gasteiger partial charge in [-0.05, 0) is 61.5 Å². The van der Waals surface area contributed by atoms with Crippen molar-refractivity contribution in [3.05, 3.63) is 76.6 Å². The molecule has 4 rings (SSSR count). The van der Waals surface area contributed by atoms with Crippen LogP contribution in [-0.4, -0.2) is 32.4 Å². The topological polar surface area (TPSA) is 90.5 Å². The number of halogens is 1. The molecular weight excluding hydrogens is 389 g/mol. The van der Waals surface area contributed by atoms with Gasteiger partial charge < -0.3 is 10.1 Å². The number of rotatable bonds is 5. The number of carbonyl (C=O) groups excluding carboxylic acids is 1. The van der Waals surface area contributed by atoms with Gasteiger partial charge in [0, 0.05) is 11.3 Å². The summed E-state index contributed by atoms with van der Waals surface area (Å²) >= 11 is 0. The lowest BCUT2D eigenvalue weighted by atomic mass is 10.1. The molecule has 0 unspecified atom stereocenters. The van der Waals surface area contributed by atoms with Gasteiger partial charge in [0.1, 0.15) is 29.5 Å². The fraction of sp³-hybridized carbons (Fsp3) is 0.143. The molecule has 30 heavy (non-hydrogen) atoms. The van der Waals surface area contributed by atoms with Crippen LogP contribution in [0.3, 0.4) is 0 Å². The van der Waals surface area contributed by atoms with Crippen molar-refractivity contribution in [2.45, 2.75) is 13.5 Å². The van der Waals surface area contributed by atoms with Gasteiger partial charge in [-0.2, -0.15) is 10.2 Å². The minimum atomic E-state index is -0.449. The maximum atomic E-state index is 13.0. The van der Waals surface area contributed by atoms with Gasteiger partial charge >= 0.3 is 0 Å². The molecule has 1 N–H and O–H groups in total. The predicted molar refractivity (Wildman–Crippen MR) is 109 cm³/mol. The van der Waals surface area contributed by atoms with Crippen LogP contribution < -0.4 is 15.6 Å². The summed E-state index contributed by atoms with van der Waals surface area (Å²) in [4.78, 5) is 25.2. The van der Waals surface area contributed by atoms with E-state index in [1.54, 1.807) is 20.1 Å². The lowest BCUT2D eigenvalue weighted by Crippen LogP contribution is -2.31. The van der Waals surface area contributed by atoms with Gasteiger partial charge in [0.05, 0.1) is 12.8 Å². The third-order valence-corrected chi connectivity index (χ3v) is 4.54. The number of amides is 1. The molecule has 0 radical (unpaired) electrons. The summed E-state index contributed by atoms with van der Waals surface area (Å²) in [5.74, 6) is 0.323. The molecular formula is C21H18FN5O3. The predicted octanol–water partition coefficient (Wildman–Crippen LogP) is 2.65. The zero-order valence-electron chi connectivity index (χ0n) is 16.3. The molecule has 0 saturated carbocycles. The van der Waals surface area contributed by atoms with E-state index >= 15 is 0 Å². The molecule has 1 amide bonds. The zero-order chi connectivity index (χ0) is 21.3. The van der Waals surface area contributed by atoms with Crippen molar-refractivity contribution < 1.29 is 13.9 Å². The highest BCUT2D eigenvalue weighted by Crippen LogP contribution is 2.22. The SMILES string of the molecule is COc1ccc(-c2cc3c(=O)n(CC(=O)Nc4ccc(F)cc4)nc(C)n3n2)cc1. The maximum Gasteiger partial charge on any atom is 0.293 e. The van der Waals surface area contributed by atoms with Crippen LogP contribution in [0.1, 0.15) is 5.82 Å². The van der Waals surface area contributed by atoms with Gasteiger partial charge in [-0.3, -0.25) is 9.59 Å². The van der Waals surface area contributed by atoms with Gasteiger partial charge in [-0.25, -0.2) is 13.6 Å². The van der Waals surface area contributed by atoms with Gasteiger partial charge in [-0.1, -0.05) is 0 Å². The number of anilines is 1. The molecule has 2 aromatic carbocycles. The van der Waals surface area contributed by atoms with Crippen LogP contribution in [0, 0.1) is 12.7 Å². The number of nitrogens with zero attached hydrogens (tertiary/aromatic N) is 4. The monoisotopic (exact) mass is 407 g/mol. The molecule has 4 aromatic rings. The Morgan fingerprint density at radius 2 is 1.80 bits per heavy atom. The van der Waals surface area contributed by atoms with Crippen molar-refractivity contribution in [1.29, 1.82) is 0 Å². The van der Waals surface area contributed by atoms with Crippen LogP contribution >= 0.6 is 0 Å². The Balaban J connectivity index is 1.63. The molecule has 0 atom stereocenters. The van der Waals surface area contributed by atoms with Crippen molar-refractivity contribution in [3.63, 3.8) is 0 Å². The fourth-order valence-electron chi connectivity index (χ4n) is 3.05. The van der Waals surface area contributed by atoms with Crippen LogP contribution in [0.2, 0.25) is 0 Å². The first kappa shape index (κ1) is 19.3. The van der Waals surface area contributed by atoms with Crippen molar-refractivity contribution in [2.75, 3.05) is 12.4 Å². The van der Waals surface area contributed by atoms with E-state index in [2.05, 4.69) is 15.5 Å². The van der Waals surface area contributed by atoms with Crippen LogP contribution in [0.15, 0.2) is 59.4 Å². The lowest BCUT2D eigenvalue weighted by Gasteiger charge is -2.08. The quantitative estimate of drug-likeness (QED) is 0.549.